The van der Waals surface area contributed by atoms with Crippen molar-refractivity contribution in [1.29, 1.82) is 0 Å². The van der Waals surface area contributed by atoms with E-state index in [4.69, 9.17) is 0 Å². The number of para-hydroxylation sites is 1. The van der Waals surface area contributed by atoms with Crippen molar-refractivity contribution in [2.75, 3.05) is 5.32 Å². The molecule has 8 nitrogen and oxygen atoms in total. The number of carbonyl (C=O) groups is 1. The van der Waals surface area contributed by atoms with Gasteiger partial charge in [0.2, 0.25) is 5.91 Å². The number of fused-ring (bicyclic) bond motifs is 1. The Morgan fingerprint density at radius 2 is 1.70 bits per heavy atom. The fourth-order valence-electron chi connectivity index (χ4n) is 3.25. The molecule has 3 rings (SSSR count). The van der Waals surface area contributed by atoms with Gasteiger partial charge < -0.3 is 9.88 Å². The first-order chi connectivity index (χ1) is 12.9. The number of aromatic nitrogens is 4. The van der Waals surface area contributed by atoms with Gasteiger partial charge in [0, 0.05) is 19.8 Å². The minimum atomic E-state index is -0.471. The van der Waals surface area contributed by atoms with Crippen molar-refractivity contribution >= 4 is 22.8 Å². The van der Waals surface area contributed by atoms with Gasteiger partial charge in [-0.2, -0.15) is 0 Å². The number of nitrogens with zero attached hydrogens (tertiary/aromatic N) is 4. The fourth-order valence-corrected chi connectivity index (χ4v) is 3.25. The molecule has 0 aliphatic rings. The summed E-state index contributed by atoms with van der Waals surface area (Å²) in [5, 5.41) is 2.98. The van der Waals surface area contributed by atoms with E-state index >= 15 is 0 Å². The first-order valence-electron chi connectivity index (χ1n) is 8.90. The highest BCUT2D eigenvalue weighted by Crippen LogP contribution is 2.22. The normalized spacial score (nSPS) is 11.1. The number of hydrogen-bond donors (Lipinski definition) is 1. The van der Waals surface area contributed by atoms with Gasteiger partial charge in [-0.15, -0.1) is 0 Å². The SMILES string of the molecule is CCc1cccc(CC)c1NC(=O)Cn1cnc2c1c(=O)n(C)c(=O)n2C. The van der Waals surface area contributed by atoms with E-state index < -0.39 is 11.2 Å². The Morgan fingerprint density at radius 1 is 1.07 bits per heavy atom. The highest BCUT2D eigenvalue weighted by molar-refractivity contribution is 5.93. The summed E-state index contributed by atoms with van der Waals surface area (Å²) in [5.41, 5.74) is 2.53. The summed E-state index contributed by atoms with van der Waals surface area (Å²) in [6.45, 7) is 4.02. The van der Waals surface area contributed by atoms with E-state index in [1.54, 1.807) is 7.05 Å². The van der Waals surface area contributed by atoms with Gasteiger partial charge in [0.25, 0.3) is 5.56 Å². The van der Waals surface area contributed by atoms with Crippen molar-refractivity contribution in [3.05, 3.63) is 56.5 Å². The number of benzene rings is 1. The van der Waals surface area contributed by atoms with Gasteiger partial charge in [0.1, 0.15) is 6.54 Å². The van der Waals surface area contributed by atoms with Crippen molar-refractivity contribution in [3.8, 4) is 0 Å². The summed E-state index contributed by atoms with van der Waals surface area (Å²) in [4.78, 5) is 41.3. The fraction of sp³-hybridized carbons (Fsp3) is 0.368. The molecule has 2 aromatic heterocycles. The largest absolute Gasteiger partial charge is 0.332 e. The molecule has 1 N–H and O–H groups in total. The minimum Gasteiger partial charge on any atom is -0.324 e. The Labute approximate surface area is 156 Å². The number of amides is 1. The van der Waals surface area contributed by atoms with Gasteiger partial charge in [0.05, 0.1) is 6.33 Å². The maximum absolute atomic E-state index is 12.7. The van der Waals surface area contributed by atoms with Gasteiger partial charge in [-0.25, -0.2) is 9.78 Å². The lowest BCUT2D eigenvalue weighted by atomic mass is 10.0. The molecule has 0 saturated carbocycles. The van der Waals surface area contributed by atoms with Crippen molar-refractivity contribution in [3.63, 3.8) is 0 Å². The predicted octanol–water partition coefficient (Wildman–Crippen LogP) is 1.20. The zero-order valence-corrected chi connectivity index (χ0v) is 15.9. The molecule has 0 atom stereocenters. The van der Waals surface area contributed by atoms with Crippen LogP contribution in [-0.4, -0.2) is 24.6 Å². The highest BCUT2D eigenvalue weighted by Gasteiger charge is 2.17. The lowest BCUT2D eigenvalue weighted by molar-refractivity contribution is -0.116. The monoisotopic (exact) mass is 369 g/mol. The number of aryl methyl sites for hydroxylation is 3. The van der Waals surface area contributed by atoms with Crippen LogP contribution in [0, 0.1) is 0 Å². The van der Waals surface area contributed by atoms with E-state index in [1.807, 2.05) is 32.0 Å². The second-order valence-corrected chi connectivity index (χ2v) is 6.46. The van der Waals surface area contributed by atoms with E-state index in [-0.39, 0.29) is 23.6 Å². The molecule has 0 aliphatic heterocycles. The third-order valence-electron chi connectivity index (χ3n) is 4.79. The number of hydrogen-bond acceptors (Lipinski definition) is 4. The van der Waals surface area contributed by atoms with Crippen LogP contribution in [0.15, 0.2) is 34.1 Å². The predicted molar refractivity (Wildman–Crippen MR) is 104 cm³/mol. The van der Waals surface area contributed by atoms with Crippen LogP contribution in [-0.2, 0) is 38.3 Å². The lowest BCUT2D eigenvalue weighted by Crippen LogP contribution is -2.37. The van der Waals surface area contributed by atoms with Gasteiger partial charge in [-0.05, 0) is 24.0 Å². The summed E-state index contributed by atoms with van der Waals surface area (Å²) < 4.78 is 3.79. The second kappa shape index (κ2) is 7.22. The van der Waals surface area contributed by atoms with Gasteiger partial charge in [-0.3, -0.25) is 18.7 Å². The number of anilines is 1. The van der Waals surface area contributed by atoms with Crippen molar-refractivity contribution in [2.45, 2.75) is 33.2 Å². The molecular formula is C19H23N5O3. The summed E-state index contributed by atoms with van der Waals surface area (Å²) in [6.07, 6.45) is 3.03. The topological polar surface area (TPSA) is 90.9 Å². The molecule has 1 aromatic carbocycles. The third-order valence-corrected chi connectivity index (χ3v) is 4.79. The molecule has 0 fully saturated rings. The number of carbonyl (C=O) groups excluding carboxylic acids is 1. The van der Waals surface area contributed by atoms with Crippen LogP contribution >= 0.6 is 0 Å². The first-order valence-corrected chi connectivity index (χ1v) is 8.90. The van der Waals surface area contributed by atoms with E-state index in [0.29, 0.717) is 0 Å². The zero-order valence-electron chi connectivity index (χ0n) is 15.9. The van der Waals surface area contributed by atoms with E-state index in [0.717, 1.165) is 34.2 Å². The van der Waals surface area contributed by atoms with Gasteiger partial charge in [-0.1, -0.05) is 32.0 Å². The summed E-state index contributed by atoms with van der Waals surface area (Å²) in [5.74, 6) is -0.249. The Morgan fingerprint density at radius 3 is 2.30 bits per heavy atom. The van der Waals surface area contributed by atoms with Crippen LogP contribution < -0.4 is 16.6 Å². The molecule has 0 bridgehead atoms. The van der Waals surface area contributed by atoms with E-state index in [9.17, 15) is 14.4 Å². The first kappa shape index (κ1) is 18.6. The third kappa shape index (κ3) is 3.18. The molecule has 1 amide bonds. The quantitative estimate of drug-likeness (QED) is 0.732. The lowest BCUT2D eigenvalue weighted by Gasteiger charge is -2.14. The van der Waals surface area contributed by atoms with Crippen LogP contribution in [0.4, 0.5) is 5.69 Å². The van der Waals surface area contributed by atoms with Crippen molar-refractivity contribution < 1.29 is 4.79 Å². The molecule has 142 valence electrons. The summed E-state index contributed by atoms with van der Waals surface area (Å²) >= 11 is 0. The number of rotatable bonds is 5. The smallest absolute Gasteiger partial charge is 0.324 e. The molecule has 8 heteroatoms. The van der Waals surface area contributed by atoms with Crippen LogP contribution in [0.5, 0.6) is 0 Å². The Balaban J connectivity index is 1.97. The molecule has 0 unspecified atom stereocenters. The Kier molecular flexibility index (Phi) is 4.98. The van der Waals surface area contributed by atoms with Crippen LogP contribution in [0.3, 0.4) is 0 Å². The van der Waals surface area contributed by atoms with Crippen molar-refractivity contribution in [2.24, 2.45) is 14.1 Å². The minimum absolute atomic E-state index is 0.0643. The van der Waals surface area contributed by atoms with Crippen LogP contribution in [0.1, 0.15) is 25.0 Å². The van der Waals surface area contributed by atoms with E-state index in [1.165, 1.54) is 22.5 Å². The second-order valence-electron chi connectivity index (χ2n) is 6.46. The van der Waals surface area contributed by atoms with Crippen LogP contribution in [0.25, 0.3) is 11.2 Å². The maximum Gasteiger partial charge on any atom is 0.332 e. The highest BCUT2D eigenvalue weighted by atomic mass is 16.2. The molecule has 0 radical (unpaired) electrons. The Hall–Kier alpha value is -3.16. The van der Waals surface area contributed by atoms with Gasteiger partial charge >= 0.3 is 5.69 Å². The van der Waals surface area contributed by atoms with Crippen LogP contribution in [0.2, 0.25) is 0 Å². The number of nitrogens with one attached hydrogen (secondary N) is 1. The molecular weight excluding hydrogens is 346 g/mol. The van der Waals surface area contributed by atoms with Gasteiger partial charge in [0.15, 0.2) is 11.2 Å². The standard InChI is InChI=1S/C19H23N5O3/c1-5-12-8-7-9-13(6-2)15(12)21-14(25)10-24-11-20-17-16(24)18(26)23(4)19(27)22(17)3/h7-9,11H,5-6,10H2,1-4H3,(H,21,25). The average Bonchev–Trinajstić information content (AvgIpc) is 3.08. The molecule has 0 saturated heterocycles. The average molecular weight is 369 g/mol. The summed E-state index contributed by atoms with van der Waals surface area (Å²) in [7, 11) is 2.96. The van der Waals surface area contributed by atoms with Crippen molar-refractivity contribution in [1.82, 2.24) is 18.7 Å². The molecule has 2 heterocycles. The molecule has 3 aromatic rings. The van der Waals surface area contributed by atoms with E-state index in [2.05, 4.69) is 10.3 Å². The maximum atomic E-state index is 12.7. The Bertz CT molecular complexity index is 1110. The molecule has 0 aliphatic carbocycles. The zero-order chi connectivity index (χ0) is 19.7. The number of imidazole rings is 1. The molecule has 27 heavy (non-hydrogen) atoms. The summed E-state index contributed by atoms with van der Waals surface area (Å²) in [6, 6.07) is 5.97. The molecule has 0 spiro atoms.